The molecule has 2 aromatic heterocycles. The van der Waals surface area contributed by atoms with Gasteiger partial charge in [-0.15, -0.1) is 0 Å². The van der Waals surface area contributed by atoms with Crippen molar-refractivity contribution in [3.63, 3.8) is 0 Å². The minimum atomic E-state index is -0.117. The molecule has 0 aromatic carbocycles. The highest BCUT2D eigenvalue weighted by molar-refractivity contribution is 5.88. The number of hydrogen-bond donors (Lipinski definition) is 3. The third-order valence-corrected chi connectivity index (χ3v) is 3.79. The lowest BCUT2D eigenvalue weighted by Crippen LogP contribution is -2.44. The van der Waals surface area contributed by atoms with Gasteiger partial charge in [-0.25, -0.2) is 9.97 Å². The fraction of sp³-hybridized carbons (Fsp3) is 0.400. The second-order valence-corrected chi connectivity index (χ2v) is 5.31. The number of carbonyl (C=O) groups excluding carboxylic acids is 1. The summed E-state index contributed by atoms with van der Waals surface area (Å²) >= 11 is 0. The molecule has 1 amide bonds. The zero-order valence-electron chi connectivity index (χ0n) is 12.2. The van der Waals surface area contributed by atoms with E-state index in [0.717, 1.165) is 36.2 Å². The lowest BCUT2D eigenvalue weighted by atomic mass is 10.1. The summed E-state index contributed by atoms with van der Waals surface area (Å²) in [4.78, 5) is 25.3. The number of amides is 1. The molecule has 3 rings (SSSR count). The first-order valence-electron chi connectivity index (χ1n) is 7.39. The highest BCUT2D eigenvalue weighted by atomic mass is 16.2. The van der Waals surface area contributed by atoms with Gasteiger partial charge in [0, 0.05) is 31.4 Å². The Morgan fingerprint density at radius 1 is 1.55 bits per heavy atom. The van der Waals surface area contributed by atoms with Crippen molar-refractivity contribution in [1.29, 1.82) is 0 Å². The second-order valence-electron chi connectivity index (χ2n) is 5.31. The number of likely N-dealkylation sites (tertiary alicyclic amines) is 1. The molecule has 0 saturated carbocycles. The van der Waals surface area contributed by atoms with Crippen LogP contribution in [0.1, 0.15) is 12.8 Å². The van der Waals surface area contributed by atoms with Gasteiger partial charge in [0.15, 0.2) is 0 Å². The highest BCUT2D eigenvalue weighted by Gasteiger charge is 2.23. The van der Waals surface area contributed by atoms with Crippen LogP contribution in [0.3, 0.4) is 0 Å². The number of carbonyl (C=O) groups is 1. The summed E-state index contributed by atoms with van der Waals surface area (Å²) in [6.07, 6.45) is 8.18. The molecule has 0 spiro atoms. The van der Waals surface area contributed by atoms with Crippen LogP contribution in [0, 0.1) is 0 Å². The Kier molecular flexibility index (Phi) is 4.34. The van der Waals surface area contributed by atoms with Crippen LogP contribution >= 0.6 is 0 Å². The van der Waals surface area contributed by atoms with Crippen molar-refractivity contribution in [1.82, 2.24) is 19.9 Å². The molecule has 1 aliphatic heterocycles. The van der Waals surface area contributed by atoms with Gasteiger partial charge in [-0.05, 0) is 18.9 Å². The number of aromatic amines is 1. The van der Waals surface area contributed by atoms with Crippen LogP contribution < -0.4 is 5.32 Å². The smallest absolute Gasteiger partial charge is 0.246 e. The largest absolute Gasteiger partial charge is 0.392 e. The Balaban J connectivity index is 1.69. The number of anilines is 1. The summed E-state index contributed by atoms with van der Waals surface area (Å²) < 4.78 is 0. The molecule has 22 heavy (non-hydrogen) atoms. The van der Waals surface area contributed by atoms with Crippen LogP contribution in [-0.4, -0.2) is 56.6 Å². The van der Waals surface area contributed by atoms with E-state index in [4.69, 9.17) is 5.11 Å². The summed E-state index contributed by atoms with van der Waals surface area (Å²) in [5.74, 6) is 0.728. The number of nitrogens with one attached hydrogen (secondary N) is 2. The molecule has 0 radical (unpaired) electrons. The minimum absolute atomic E-state index is 0.0602. The quantitative estimate of drug-likeness (QED) is 0.730. The van der Waals surface area contributed by atoms with Crippen LogP contribution in [0.15, 0.2) is 30.7 Å². The van der Waals surface area contributed by atoms with Gasteiger partial charge in [-0.1, -0.05) is 6.08 Å². The van der Waals surface area contributed by atoms with Crippen molar-refractivity contribution < 1.29 is 9.90 Å². The lowest BCUT2D eigenvalue weighted by molar-refractivity contribution is -0.127. The fourth-order valence-corrected chi connectivity index (χ4v) is 2.73. The number of aliphatic hydroxyl groups excluding tert-OH is 1. The molecule has 0 bridgehead atoms. The topological polar surface area (TPSA) is 94.1 Å². The number of aromatic nitrogens is 3. The molecule has 1 saturated heterocycles. The number of piperidine rings is 1. The average molecular weight is 301 g/mol. The summed E-state index contributed by atoms with van der Waals surface area (Å²) in [7, 11) is 0. The van der Waals surface area contributed by atoms with Crippen LogP contribution in [0.25, 0.3) is 11.0 Å². The number of nitrogens with zero attached hydrogens (tertiary/aromatic N) is 3. The molecule has 116 valence electrons. The Morgan fingerprint density at radius 3 is 3.32 bits per heavy atom. The van der Waals surface area contributed by atoms with Gasteiger partial charge >= 0.3 is 0 Å². The number of H-pyrrole nitrogens is 1. The molecule has 1 atom stereocenters. The summed E-state index contributed by atoms with van der Waals surface area (Å²) in [6.45, 7) is 1.26. The van der Waals surface area contributed by atoms with Crippen LogP contribution in [0.5, 0.6) is 0 Å². The maximum atomic E-state index is 12.0. The Labute approximate surface area is 128 Å². The molecule has 1 fully saturated rings. The predicted molar refractivity (Wildman–Crippen MR) is 83.3 cm³/mol. The molecule has 7 nitrogen and oxygen atoms in total. The molecule has 1 unspecified atom stereocenters. The normalized spacial score (nSPS) is 19.0. The standard InChI is InChI=1S/C15H19N5O2/c21-8-2-4-13(22)20-7-1-3-11(9-20)19-15-12-5-6-16-14(12)17-10-18-15/h2,4-6,10-11,21H,1,3,7-9H2,(H2,16,17,18,19)/b4-2-. The monoisotopic (exact) mass is 301 g/mol. The number of aliphatic hydroxyl groups is 1. The number of fused-ring (bicyclic) bond motifs is 1. The van der Waals surface area contributed by atoms with E-state index in [1.165, 1.54) is 18.5 Å². The van der Waals surface area contributed by atoms with E-state index in [-0.39, 0.29) is 18.6 Å². The second kappa shape index (κ2) is 6.57. The third kappa shape index (κ3) is 3.09. The minimum Gasteiger partial charge on any atom is -0.392 e. The first-order valence-corrected chi connectivity index (χ1v) is 7.39. The zero-order chi connectivity index (χ0) is 15.4. The molecule has 1 aliphatic rings. The van der Waals surface area contributed by atoms with Gasteiger partial charge in [-0.2, -0.15) is 0 Å². The average Bonchev–Trinajstić information content (AvgIpc) is 3.02. The van der Waals surface area contributed by atoms with Gasteiger partial charge in [0.2, 0.25) is 5.91 Å². The summed E-state index contributed by atoms with van der Waals surface area (Å²) in [5.41, 5.74) is 0.798. The van der Waals surface area contributed by atoms with Crippen molar-refractivity contribution in [2.24, 2.45) is 0 Å². The fourth-order valence-electron chi connectivity index (χ4n) is 2.73. The molecule has 0 aliphatic carbocycles. The van der Waals surface area contributed by atoms with Crippen molar-refractivity contribution in [2.45, 2.75) is 18.9 Å². The third-order valence-electron chi connectivity index (χ3n) is 3.79. The molecular formula is C15H19N5O2. The van der Waals surface area contributed by atoms with Crippen molar-refractivity contribution in [3.8, 4) is 0 Å². The number of hydrogen-bond acceptors (Lipinski definition) is 5. The summed E-state index contributed by atoms with van der Waals surface area (Å²) in [5, 5.41) is 13.1. The lowest BCUT2D eigenvalue weighted by Gasteiger charge is -2.32. The van der Waals surface area contributed by atoms with E-state index in [2.05, 4.69) is 20.3 Å². The predicted octanol–water partition coefficient (Wildman–Crippen LogP) is 0.909. The molecule has 2 aromatic rings. The van der Waals surface area contributed by atoms with Crippen molar-refractivity contribution in [2.75, 3.05) is 25.0 Å². The van der Waals surface area contributed by atoms with E-state index < -0.39 is 0 Å². The van der Waals surface area contributed by atoms with Gasteiger partial charge in [0.1, 0.15) is 17.8 Å². The maximum Gasteiger partial charge on any atom is 0.246 e. The Bertz CT molecular complexity index is 681. The van der Waals surface area contributed by atoms with Crippen molar-refractivity contribution >= 4 is 22.8 Å². The molecular weight excluding hydrogens is 282 g/mol. The van der Waals surface area contributed by atoms with E-state index >= 15 is 0 Å². The molecule has 3 N–H and O–H groups in total. The van der Waals surface area contributed by atoms with Gasteiger partial charge < -0.3 is 20.3 Å². The van der Waals surface area contributed by atoms with Crippen LogP contribution in [0.4, 0.5) is 5.82 Å². The van der Waals surface area contributed by atoms with E-state index in [1.807, 2.05) is 12.3 Å². The van der Waals surface area contributed by atoms with E-state index in [9.17, 15) is 4.79 Å². The SMILES string of the molecule is O=C(/C=C\CO)N1CCCC(Nc2ncnc3[nH]ccc23)C1. The Hall–Kier alpha value is -2.41. The van der Waals surface area contributed by atoms with E-state index in [0.29, 0.717) is 6.54 Å². The van der Waals surface area contributed by atoms with Crippen molar-refractivity contribution in [3.05, 3.63) is 30.7 Å². The number of rotatable bonds is 4. The van der Waals surface area contributed by atoms with Crippen LogP contribution in [-0.2, 0) is 4.79 Å². The first kappa shape index (κ1) is 14.5. The van der Waals surface area contributed by atoms with Gasteiger partial charge in [0.05, 0.1) is 12.0 Å². The summed E-state index contributed by atoms with van der Waals surface area (Å²) in [6, 6.07) is 2.10. The van der Waals surface area contributed by atoms with Gasteiger partial charge in [-0.3, -0.25) is 4.79 Å². The maximum absolute atomic E-state index is 12.0. The van der Waals surface area contributed by atoms with Gasteiger partial charge in [0.25, 0.3) is 0 Å². The molecule has 3 heterocycles. The van der Waals surface area contributed by atoms with Crippen LogP contribution in [0.2, 0.25) is 0 Å². The Morgan fingerprint density at radius 2 is 2.45 bits per heavy atom. The first-order chi connectivity index (χ1) is 10.8. The van der Waals surface area contributed by atoms with E-state index in [1.54, 1.807) is 4.90 Å². The zero-order valence-corrected chi connectivity index (χ0v) is 12.2. The highest BCUT2D eigenvalue weighted by Crippen LogP contribution is 2.21. The molecule has 7 heteroatoms.